The molecule has 3 N–H and O–H groups in total. The first-order valence-corrected chi connectivity index (χ1v) is 7.59. The Bertz CT molecular complexity index is 746. The van der Waals surface area contributed by atoms with E-state index in [2.05, 4.69) is 20.7 Å². The largest absolute Gasteiger partial charge is 0.399 e. The zero-order valence-corrected chi connectivity index (χ0v) is 12.3. The average Bonchev–Trinajstić information content (AvgIpc) is 2.32. The number of sulfonamides is 1. The predicted octanol–water partition coefficient (Wildman–Crippen LogP) is 3.11. The average molecular weight is 363 g/mol. The summed E-state index contributed by atoms with van der Waals surface area (Å²) in [7, 11) is -4.00. The van der Waals surface area contributed by atoms with E-state index in [0.717, 1.165) is 24.3 Å². The van der Waals surface area contributed by atoms with Gasteiger partial charge in [0.1, 0.15) is 11.6 Å². The predicted molar refractivity (Wildman–Crippen MR) is 75.7 cm³/mol. The van der Waals surface area contributed by atoms with Crippen LogP contribution in [0.1, 0.15) is 0 Å². The molecule has 0 saturated heterocycles. The molecule has 0 bridgehead atoms. The van der Waals surface area contributed by atoms with Crippen molar-refractivity contribution in [2.45, 2.75) is 4.90 Å². The van der Waals surface area contributed by atoms with E-state index in [1.165, 1.54) is 12.1 Å². The van der Waals surface area contributed by atoms with Crippen LogP contribution in [0.4, 0.5) is 20.2 Å². The Balaban J connectivity index is 2.37. The first-order chi connectivity index (χ1) is 9.28. The smallest absolute Gasteiger partial charge is 0.262 e. The second-order valence-corrected chi connectivity index (χ2v) is 6.49. The summed E-state index contributed by atoms with van der Waals surface area (Å²) < 4.78 is 52.7. The van der Waals surface area contributed by atoms with Crippen LogP contribution in [0, 0.1) is 11.6 Å². The third-order valence-corrected chi connectivity index (χ3v) is 4.34. The van der Waals surface area contributed by atoms with Gasteiger partial charge in [0.25, 0.3) is 10.0 Å². The molecular weight excluding hydrogens is 354 g/mol. The number of anilines is 2. The Labute approximate surface area is 122 Å². The van der Waals surface area contributed by atoms with Crippen LogP contribution < -0.4 is 10.5 Å². The van der Waals surface area contributed by atoms with Crippen molar-refractivity contribution in [2.24, 2.45) is 0 Å². The minimum atomic E-state index is -4.00. The number of rotatable bonds is 3. The minimum absolute atomic E-state index is 0.00865. The minimum Gasteiger partial charge on any atom is -0.399 e. The van der Waals surface area contributed by atoms with Gasteiger partial charge in [0.15, 0.2) is 0 Å². The molecule has 0 saturated carbocycles. The summed E-state index contributed by atoms with van der Waals surface area (Å²) in [5.74, 6) is -1.28. The summed E-state index contributed by atoms with van der Waals surface area (Å²) in [6, 6.07) is 6.59. The Hall–Kier alpha value is -1.67. The van der Waals surface area contributed by atoms with Gasteiger partial charge in [0, 0.05) is 5.69 Å². The van der Waals surface area contributed by atoms with E-state index in [0.29, 0.717) is 0 Å². The lowest BCUT2D eigenvalue weighted by Crippen LogP contribution is -2.13. The van der Waals surface area contributed by atoms with Crippen molar-refractivity contribution in [3.63, 3.8) is 0 Å². The Morgan fingerprint density at radius 1 is 1.10 bits per heavy atom. The van der Waals surface area contributed by atoms with Crippen molar-refractivity contribution in [1.82, 2.24) is 0 Å². The first kappa shape index (κ1) is 14.7. The van der Waals surface area contributed by atoms with E-state index in [9.17, 15) is 17.2 Å². The van der Waals surface area contributed by atoms with Gasteiger partial charge in [-0.1, -0.05) is 0 Å². The molecule has 0 fully saturated rings. The number of benzene rings is 2. The maximum atomic E-state index is 13.2. The summed E-state index contributed by atoms with van der Waals surface area (Å²) in [5, 5.41) is 0. The van der Waals surface area contributed by atoms with E-state index >= 15 is 0 Å². The van der Waals surface area contributed by atoms with Crippen LogP contribution in [0.3, 0.4) is 0 Å². The fourth-order valence-corrected chi connectivity index (χ4v) is 3.01. The standard InChI is InChI=1S/C12H9BrF2N2O2S/c13-11-6-9(1-2-12(11)15)17-20(18,19)10-4-7(14)3-8(16)5-10/h1-6,17H,16H2. The monoisotopic (exact) mass is 362 g/mol. The van der Waals surface area contributed by atoms with Crippen molar-refractivity contribution in [3.05, 3.63) is 52.5 Å². The summed E-state index contributed by atoms with van der Waals surface area (Å²) in [6.07, 6.45) is 0. The fraction of sp³-hybridized carbons (Fsp3) is 0. The van der Waals surface area contributed by atoms with Crippen LogP contribution in [0.15, 0.2) is 45.8 Å². The van der Waals surface area contributed by atoms with Gasteiger partial charge in [-0.05, 0) is 52.3 Å². The van der Waals surface area contributed by atoms with Gasteiger partial charge in [0.05, 0.1) is 15.1 Å². The number of nitrogen functional groups attached to an aromatic ring is 1. The van der Waals surface area contributed by atoms with Gasteiger partial charge in [-0.15, -0.1) is 0 Å². The molecule has 0 atom stereocenters. The second-order valence-electron chi connectivity index (χ2n) is 3.95. The van der Waals surface area contributed by atoms with E-state index in [4.69, 9.17) is 5.73 Å². The van der Waals surface area contributed by atoms with Gasteiger partial charge in [0.2, 0.25) is 0 Å². The zero-order valence-electron chi connectivity index (χ0n) is 9.90. The number of hydrogen-bond donors (Lipinski definition) is 2. The van der Waals surface area contributed by atoms with E-state index in [1.54, 1.807) is 0 Å². The Morgan fingerprint density at radius 3 is 2.40 bits per heavy atom. The third-order valence-electron chi connectivity index (χ3n) is 2.38. The molecule has 0 amide bonds. The first-order valence-electron chi connectivity index (χ1n) is 5.32. The van der Waals surface area contributed by atoms with Crippen molar-refractivity contribution in [3.8, 4) is 0 Å². The lowest BCUT2D eigenvalue weighted by Gasteiger charge is -2.09. The summed E-state index contributed by atoms with van der Waals surface area (Å²) in [4.78, 5) is -0.310. The normalized spacial score (nSPS) is 11.3. The van der Waals surface area contributed by atoms with Gasteiger partial charge in [-0.3, -0.25) is 4.72 Å². The fourth-order valence-electron chi connectivity index (χ4n) is 1.51. The number of nitrogens with one attached hydrogen (secondary N) is 1. The van der Waals surface area contributed by atoms with E-state index in [-0.39, 0.29) is 20.7 Å². The van der Waals surface area contributed by atoms with Crippen molar-refractivity contribution >= 4 is 37.3 Å². The molecule has 0 spiro atoms. The second kappa shape index (κ2) is 5.37. The summed E-state index contributed by atoms with van der Waals surface area (Å²) in [6.45, 7) is 0. The molecule has 0 radical (unpaired) electrons. The summed E-state index contributed by atoms with van der Waals surface area (Å²) in [5.41, 5.74) is 5.54. The molecule has 8 heteroatoms. The van der Waals surface area contributed by atoms with Gasteiger partial charge in [-0.25, -0.2) is 17.2 Å². The molecule has 0 aliphatic heterocycles. The highest BCUT2D eigenvalue weighted by Crippen LogP contribution is 2.23. The Kier molecular flexibility index (Phi) is 3.96. The molecule has 0 unspecified atom stereocenters. The topological polar surface area (TPSA) is 72.2 Å². The third kappa shape index (κ3) is 3.26. The number of nitrogens with two attached hydrogens (primary N) is 1. The quantitative estimate of drug-likeness (QED) is 0.824. The highest BCUT2D eigenvalue weighted by Gasteiger charge is 2.16. The number of halogens is 3. The lowest BCUT2D eigenvalue weighted by molar-refractivity contribution is 0.595. The Morgan fingerprint density at radius 2 is 1.80 bits per heavy atom. The van der Waals surface area contributed by atoms with Crippen LogP contribution >= 0.6 is 15.9 Å². The maximum absolute atomic E-state index is 13.2. The molecule has 0 aromatic heterocycles. The van der Waals surface area contributed by atoms with Gasteiger partial charge >= 0.3 is 0 Å². The van der Waals surface area contributed by atoms with Crippen LogP contribution in [0.25, 0.3) is 0 Å². The lowest BCUT2D eigenvalue weighted by atomic mass is 10.3. The molecule has 4 nitrogen and oxygen atoms in total. The molecule has 0 aliphatic carbocycles. The van der Waals surface area contributed by atoms with E-state index in [1.807, 2.05) is 0 Å². The molecular formula is C12H9BrF2N2O2S. The SMILES string of the molecule is Nc1cc(F)cc(S(=O)(=O)Nc2ccc(F)c(Br)c2)c1. The molecule has 106 valence electrons. The van der Waals surface area contributed by atoms with Crippen LogP contribution in [-0.4, -0.2) is 8.42 Å². The number of hydrogen-bond acceptors (Lipinski definition) is 3. The summed E-state index contributed by atoms with van der Waals surface area (Å²) >= 11 is 2.94. The molecule has 0 heterocycles. The van der Waals surface area contributed by atoms with Gasteiger partial charge in [-0.2, -0.15) is 0 Å². The van der Waals surface area contributed by atoms with Crippen LogP contribution in [0.5, 0.6) is 0 Å². The molecule has 0 aliphatic rings. The van der Waals surface area contributed by atoms with Gasteiger partial charge < -0.3 is 5.73 Å². The molecule has 2 aromatic rings. The van der Waals surface area contributed by atoms with Crippen LogP contribution in [0.2, 0.25) is 0 Å². The molecule has 20 heavy (non-hydrogen) atoms. The maximum Gasteiger partial charge on any atom is 0.262 e. The molecule has 2 rings (SSSR count). The van der Waals surface area contributed by atoms with E-state index < -0.39 is 21.7 Å². The highest BCUT2D eigenvalue weighted by molar-refractivity contribution is 9.10. The van der Waals surface area contributed by atoms with Crippen molar-refractivity contribution in [1.29, 1.82) is 0 Å². The van der Waals surface area contributed by atoms with Crippen molar-refractivity contribution in [2.75, 3.05) is 10.5 Å². The van der Waals surface area contributed by atoms with Crippen LogP contribution in [-0.2, 0) is 10.0 Å². The highest BCUT2D eigenvalue weighted by atomic mass is 79.9. The zero-order chi connectivity index (χ0) is 14.9. The molecule has 2 aromatic carbocycles. The van der Waals surface area contributed by atoms with Crippen molar-refractivity contribution < 1.29 is 17.2 Å².